The van der Waals surface area contributed by atoms with E-state index in [0.717, 1.165) is 5.39 Å². The van der Waals surface area contributed by atoms with Crippen molar-refractivity contribution >= 4 is 23.2 Å². The number of rotatable bonds is 3. The van der Waals surface area contributed by atoms with Crippen molar-refractivity contribution in [2.75, 3.05) is 0 Å². The average molecular weight is 333 g/mol. The molecule has 0 spiro atoms. The molecule has 2 heterocycles. The quantitative estimate of drug-likeness (QED) is 0.456. The summed E-state index contributed by atoms with van der Waals surface area (Å²) in [5, 5.41) is 17.8. The molecule has 0 fully saturated rings. The number of nitrogens with zero attached hydrogens (tertiary/aromatic N) is 3. The fraction of sp³-hybridized carbons (Fsp3) is 0. The predicted octanol–water partition coefficient (Wildman–Crippen LogP) is 3.30. The normalized spacial score (nSPS) is 11.4. The van der Waals surface area contributed by atoms with Crippen LogP contribution in [0.3, 0.4) is 0 Å². The molecule has 1 N–H and O–H groups in total. The van der Waals surface area contributed by atoms with Crippen molar-refractivity contribution in [3.05, 3.63) is 70.6 Å². The zero-order valence-corrected chi connectivity index (χ0v) is 12.8. The predicted molar refractivity (Wildman–Crippen MR) is 91.1 cm³/mol. The lowest BCUT2D eigenvalue weighted by atomic mass is 10.2. The number of aromatic nitrogens is 2. The molecule has 0 saturated heterocycles. The maximum atomic E-state index is 12.1. The Hall–Kier alpha value is -3.74. The fourth-order valence-electron chi connectivity index (χ4n) is 2.32. The Morgan fingerprint density at radius 2 is 1.88 bits per heavy atom. The molecular formula is C18H11N3O4. The third kappa shape index (κ3) is 3.02. The van der Waals surface area contributed by atoms with Gasteiger partial charge in [0.05, 0.1) is 0 Å². The first-order chi connectivity index (χ1) is 12.2. The average Bonchev–Trinajstić information content (AvgIpc) is 3.08. The van der Waals surface area contributed by atoms with Crippen LogP contribution in [-0.2, 0) is 0 Å². The Balaban J connectivity index is 1.67. The van der Waals surface area contributed by atoms with Crippen molar-refractivity contribution in [3.63, 3.8) is 0 Å². The Kier molecular flexibility index (Phi) is 3.59. The first kappa shape index (κ1) is 14.8. The highest BCUT2D eigenvalue weighted by Gasteiger charge is 2.14. The van der Waals surface area contributed by atoms with Crippen LogP contribution in [0.4, 0.5) is 6.01 Å². The van der Waals surface area contributed by atoms with E-state index in [9.17, 15) is 9.90 Å². The van der Waals surface area contributed by atoms with E-state index in [0.29, 0.717) is 11.1 Å². The van der Waals surface area contributed by atoms with Gasteiger partial charge in [0.25, 0.3) is 5.89 Å². The molecule has 0 bridgehead atoms. The lowest BCUT2D eigenvalue weighted by Gasteiger charge is -1.97. The van der Waals surface area contributed by atoms with Crippen LogP contribution in [0.25, 0.3) is 22.4 Å². The Bertz CT molecular complexity index is 1140. The van der Waals surface area contributed by atoms with Crippen molar-refractivity contribution < 1.29 is 13.9 Å². The first-order valence-corrected chi connectivity index (χ1v) is 7.39. The van der Waals surface area contributed by atoms with Gasteiger partial charge in [-0.1, -0.05) is 35.4 Å². The third-order valence-electron chi connectivity index (χ3n) is 3.48. The molecular weight excluding hydrogens is 322 g/mol. The zero-order valence-electron chi connectivity index (χ0n) is 12.8. The Morgan fingerprint density at radius 1 is 1.00 bits per heavy atom. The molecule has 0 radical (unpaired) electrons. The van der Waals surface area contributed by atoms with Crippen molar-refractivity contribution in [1.82, 2.24) is 10.2 Å². The number of phenols is 1. The number of para-hydroxylation sites is 1. The minimum Gasteiger partial charge on any atom is -0.508 e. The van der Waals surface area contributed by atoms with Gasteiger partial charge in [0, 0.05) is 11.6 Å². The highest BCUT2D eigenvalue weighted by molar-refractivity contribution is 5.82. The molecule has 0 aliphatic heterocycles. The fourth-order valence-corrected chi connectivity index (χ4v) is 2.32. The molecule has 0 saturated carbocycles. The van der Waals surface area contributed by atoms with Gasteiger partial charge < -0.3 is 13.9 Å². The second-order valence-corrected chi connectivity index (χ2v) is 5.23. The maximum absolute atomic E-state index is 12.1. The molecule has 25 heavy (non-hydrogen) atoms. The van der Waals surface area contributed by atoms with Crippen LogP contribution in [0, 0.1) is 0 Å². The van der Waals surface area contributed by atoms with Gasteiger partial charge in [-0.3, -0.25) is 0 Å². The SMILES string of the molecule is O=c1oc2ccccc2cc1-c1nnc(/N=C/c2cccc(O)c2)o1. The molecule has 0 unspecified atom stereocenters. The van der Waals surface area contributed by atoms with Crippen LogP contribution in [0.15, 0.2) is 73.2 Å². The van der Waals surface area contributed by atoms with Gasteiger partial charge in [-0.25, -0.2) is 9.79 Å². The summed E-state index contributed by atoms with van der Waals surface area (Å²) in [4.78, 5) is 16.1. The van der Waals surface area contributed by atoms with E-state index in [1.165, 1.54) is 6.21 Å². The number of aliphatic imine (C=N–C) groups is 1. The largest absolute Gasteiger partial charge is 0.508 e. The molecule has 7 heteroatoms. The molecule has 0 aliphatic rings. The van der Waals surface area contributed by atoms with E-state index in [-0.39, 0.29) is 23.2 Å². The van der Waals surface area contributed by atoms with Gasteiger partial charge in [-0.15, -0.1) is 5.10 Å². The number of benzene rings is 2. The van der Waals surface area contributed by atoms with E-state index in [1.807, 2.05) is 12.1 Å². The molecule has 4 rings (SSSR count). The van der Waals surface area contributed by atoms with Crippen LogP contribution in [-0.4, -0.2) is 21.5 Å². The lowest BCUT2D eigenvalue weighted by Crippen LogP contribution is -2.02. The van der Waals surface area contributed by atoms with Crippen LogP contribution in [0.1, 0.15) is 5.56 Å². The monoisotopic (exact) mass is 333 g/mol. The highest BCUT2D eigenvalue weighted by atomic mass is 16.4. The number of hydrogen-bond acceptors (Lipinski definition) is 7. The standard InChI is InChI=1S/C18H11N3O4/c22-13-6-3-4-11(8-13)10-19-18-21-20-16(25-18)14-9-12-5-1-2-7-15(12)24-17(14)23/h1-10,22H/b19-10+. The minimum absolute atomic E-state index is 0.00842. The van der Waals surface area contributed by atoms with Gasteiger partial charge in [-0.2, -0.15) is 0 Å². The molecule has 2 aromatic carbocycles. The van der Waals surface area contributed by atoms with Gasteiger partial charge in [-0.05, 0) is 29.8 Å². The number of aromatic hydroxyl groups is 1. The van der Waals surface area contributed by atoms with E-state index in [1.54, 1.807) is 42.5 Å². The summed E-state index contributed by atoms with van der Waals surface area (Å²) >= 11 is 0. The lowest BCUT2D eigenvalue weighted by molar-refractivity contribution is 0.475. The Morgan fingerprint density at radius 3 is 2.76 bits per heavy atom. The second-order valence-electron chi connectivity index (χ2n) is 5.23. The number of hydrogen-bond donors (Lipinski definition) is 1. The van der Waals surface area contributed by atoms with Gasteiger partial charge in [0.2, 0.25) is 0 Å². The van der Waals surface area contributed by atoms with Crippen LogP contribution in [0.2, 0.25) is 0 Å². The van der Waals surface area contributed by atoms with Crippen LogP contribution < -0.4 is 5.63 Å². The summed E-state index contributed by atoms with van der Waals surface area (Å²) < 4.78 is 10.7. The van der Waals surface area contributed by atoms with E-state index < -0.39 is 5.63 Å². The molecule has 2 aromatic heterocycles. The van der Waals surface area contributed by atoms with E-state index in [4.69, 9.17) is 8.83 Å². The van der Waals surface area contributed by atoms with Crippen LogP contribution >= 0.6 is 0 Å². The number of phenolic OH excluding ortho intramolecular Hbond substituents is 1. The highest BCUT2D eigenvalue weighted by Crippen LogP contribution is 2.22. The molecule has 122 valence electrons. The zero-order chi connectivity index (χ0) is 17.2. The topological polar surface area (TPSA) is 102 Å². The molecule has 0 aliphatic carbocycles. The third-order valence-corrected chi connectivity index (χ3v) is 3.48. The summed E-state index contributed by atoms with van der Waals surface area (Å²) in [6.07, 6.45) is 1.47. The summed E-state index contributed by atoms with van der Waals surface area (Å²) in [6, 6.07) is 15.3. The van der Waals surface area contributed by atoms with E-state index >= 15 is 0 Å². The van der Waals surface area contributed by atoms with Crippen molar-refractivity contribution in [2.45, 2.75) is 0 Å². The minimum atomic E-state index is -0.564. The van der Waals surface area contributed by atoms with Crippen molar-refractivity contribution in [1.29, 1.82) is 0 Å². The summed E-state index contributed by atoms with van der Waals surface area (Å²) in [5.41, 5.74) is 0.763. The molecule has 0 amide bonds. The summed E-state index contributed by atoms with van der Waals surface area (Å²) in [6.45, 7) is 0. The Labute approximate surface area is 140 Å². The maximum Gasteiger partial charge on any atom is 0.349 e. The smallest absolute Gasteiger partial charge is 0.349 e. The van der Waals surface area contributed by atoms with Crippen molar-refractivity contribution in [2.24, 2.45) is 4.99 Å². The van der Waals surface area contributed by atoms with Crippen molar-refractivity contribution in [3.8, 4) is 17.2 Å². The van der Waals surface area contributed by atoms with Gasteiger partial charge >= 0.3 is 11.6 Å². The van der Waals surface area contributed by atoms with Gasteiger partial charge in [0.15, 0.2) is 0 Å². The second kappa shape index (κ2) is 6.04. The first-order valence-electron chi connectivity index (χ1n) is 7.39. The van der Waals surface area contributed by atoms with Crippen LogP contribution in [0.5, 0.6) is 5.75 Å². The van der Waals surface area contributed by atoms with Gasteiger partial charge in [0.1, 0.15) is 16.9 Å². The molecule has 0 atom stereocenters. The summed E-state index contributed by atoms with van der Waals surface area (Å²) in [7, 11) is 0. The molecule has 7 nitrogen and oxygen atoms in total. The number of fused-ring (bicyclic) bond motifs is 1. The van der Waals surface area contributed by atoms with E-state index in [2.05, 4.69) is 15.2 Å². The summed E-state index contributed by atoms with van der Waals surface area (Å²) in [5.74, 6) is 0.159. The molecule has 4 aromatic rings.